The molecule has 0 N–H and O–H groups in total. The highest BCUT2D eigenvalue weighted by Crippen LogP contribution is 2.36. The van der Waals surface area contributed by atoms with Crippen molar-refractivity contribution in [3.05, 3.63) is 112 Å². The minimum atomic E-state index is -0.331. The van der Waals surface area contributed by atoms with Crippen molar-refractivity contribution in [3.8, 4) is 6.07 Å². The number of hydrogen-bond acceptors (Lipinski definition) is 4. The molecule has 1 fully saturated rings. The predicted octanol–water partition coefficient (Wildman–Crippen LogP) is 6.11. The Morgan fingerprint density at radius 1 is 0.912 bits per heavy atom. The number of amides is 2. The van der Waals surface area contributed by atoms with E-state index in [1.807, 2.05) is 49.4 Å². The molecule has 2 amide bonds. The number of fused-ring (bicyclic) bond motifs is 1. The van der Waals surface area contributed by atoms with Crippen LogP contribution in [-0.2, 0) is 17.9 Å². The summed E-state index contributed by atoms with van der Waals surface area (Å²) < 4.78 is 2.24. The molecule has 5 rings (SSSR count). The molecule has 1 aliphatic heterocycles. The van der Waals surface area contributed by atoms with Gasteiger partial charge in [-0.05, 0) is 48.0 Å². The summed E-state index contributed by atoms with van der Waals surface area (Å²) in [7, 11) is 0. The van der Waals surface area contributed by atoms with Crippen molar-refractivity contribution in [1.29, 1.82) is 5.26 Å². The maximum atomic E-state index is 13.2. The fourth-order valence-corrected chi connectivity index (χ4v) is 5.13. The number of aromatic nitrogens is 1. The van der Waals surface area contributed by atoms with Gasteiger partial charge in [0.15, 0.2) is 0 Å². The maximum Gasteiger partial charge on any atom is 0.293 e. The first-order chi connectivity index (χ1) is 16.6. The van der Waals surface area contributed by atoms with Crippen molar-refractivity contribution >= 4 is 39.9 Å². The lowest BCUT2D eigenvalue weighted by molar-refractivity contribution is -0.123. The van der Waals surface area contributed by atoms with Crippen molar-refractivity contribution in [3.63, 3.8) is 0 Å². The predicted molar refractivity (Wildman–Crippen MR) is 135 cm³/mol. The van der Waals surface area contributed by atoms with Gasteiger partial charge in [0.2, 0.25) is 0 Å². The molecule has 0 bridgehead atoms. The molecular formula is C28H21N3O2S. The smallest absolute Gasteiger partial charge is 0.293 e. The first-order valence-corrected chi connectivity index (χ1v) is 11.7. The molecule has 2 heterocycles. The molecule has 6 heteroatoms. The largest absolute Gasteiger partial charge is 0.340 e. The monoisotopic (exact) mass is 463 g/mol. The van der Waals surface area contributed by atoms with E-state index in [1.54, 1.807) is 24.3 Å². The van der Waals surface area contributed by atoms with Crippen molar-refractivity contribution in [2.75, 3.05) is 0 Å². The van der Waals surface area contributed by atoms with Crippen LogP contribution in [0.5, 0.6) is 0 Å². The molecule has 0 spiro atoms. The lowest BCUT2D eigenvalue weighted by Gasteiger charge is -2.13. The minimum Gasteiger partial charge on any atom is -0.340 e. The number of rotatable bonds is 5. The zero-order valence-corrected chi connectivity index (χ0v) is 19.4. The van der Waals surface area contributed by atoms with Crippen LogP contribution in [-0.4, -0.2) is 20.6 Å². The van der Waals surface area contributed by atoms with E-state index in [0.717, 1.165) is 33.9 Å². The van der Waals surface area contributed by atoms with Crippen LogP contribution < -0.4 is 0 Å². The van der Waals surface area contributed by atoms with E-state index >= 15 is 0 Å². The van der Waals surface area contributed by atoms with Gasteiger partial charge in [-0.2, -0.15) is 5.26 Å². The average molecular weight is 464 g/mol. The molecule has 1 aromatic heterocycles. The summed E-state index contributed by atoms with van der Waals surface area (Å²) in [6, 6.07) is 27.5. The number of benzene rings is 3. The number of thioether (sulfide) groups is 1. The third-order valence-corrected chi connectivity index (χ3v) is 6.99. The van der Waals surface area contributed by atoms with E-state index in [9.17, 15) is 14.9 Å². The van der Waals surface area contributed by atoms with E-state index in [-0.39, 0.29) is 17.7 Å². The lowest BCUT2D eigenvalue weighted by atomic mass is 10.1. The van der Waals surface area contributed by atoms with E-state index in [2.05, 4.69) is 28.8 Å². The molecule has 0 radical (unpaired) electrons. The number of para-hydroxylation sites is 1. The molecule has 3 aromatic carbocycles. The van der Waals surface area contributed by atoms with Crippen molar-refractivity contribution in [2.24, 2.45) is 0 Å². The van der Waals surface area contributed by atoms with Gasteiger partial charge in [0.1, 0.15) is 0 Å². The standard InChI is InChI=1S/C28H21N3O2S/c1-19-24(23-13-7-8-14-25(23)30(19)17-20-9-3-2-4-10-20)15-26-27(32)31(28(33)34-26)18-22-12-6-5-11-21(22)16-29/h2-15H,17-18H2,1H3/b26-15+. The Labute approximate surface area is 201 Å². The van der Waals surface area contributed by atoms with Crippen LogP contribution >= 0.6 is 11.8 Å². The van der Waals surface area contributed by atoms with Crippen molar-refractivity contribution < 1.29 is 9.59 Å². The second-order valence-electron chi connectivity index (χ2n) is 8.12. The number of nitrogens with zero attached hydrogens (tertiary/aromatic N) is 3. The zero-order valence-electron chi connectivity index (χ0n) is 18.6. The van der Waals surface area contributed by atoms with Crippen LogP contribution in [0.25, 0.3) is 17.0 Å². The number of hydrogen-bond donors (Lipinski definition) is 0. The van der Waals surface area contributed by atoms with Crippen LogP contribution in [0.15, 0.2) is 83.8 Å². The molecule has 0 aliphatic carbocycles. The van der Waals surface area contributed by atoms with Crippen molar-refractivity contribution in [1.82, 2.24) is 9.47 Å². The minimum absolute atomic E-state index is 0.0838. The van der Waals surface area contributed by atoms with Gasteiger partial charge in [-0.15, -0.1) is 0 Å². The fourth-order valence-electron chi connectivity index (χ4n) is 4.31. The average Bonchev–Trinajstić information content (AvgIpc) is 3.28. The number of carbonyl (C=O) groups is 2. The summed E-state index contributed by atoms with van der Waals surface area (Å²) in [4.78, 5) is 27.5. The Morgan fingerprint density at radius 2 is 1.62 bits per heavy atom. The first kappa shape index (κ1) is 21.7. The second-order valence-corrected chi connectivity index (χ2v) is 9.12. The lowest BCUT2D eigenvalue weighted by Crippen LogP contribution is -2.27. The van der Waals surface area contributed by atoms with E-state index in [4.69, 9.17) is 0 Å². The highest BCUT2D eigenvalue weighted by atomic mass is 32.2. The van der Waals surface area contributed by atoms with Crippen LogP contribution in [0.4, 0.5) is 4.79 Å². The quantitative estimate of drug-likeness (QED) is 0.335. The summed E-state index contributed by atoms with van der Waals surface area (Å²) in [6.45, 7) is 2.84. The Morgan fingerprint density at radius 3 is 2.41 bits per heavy atom. The van der Waals surface area contributed by atoms with Gasteiger partial charge in [0.05, 0.1) is 23.1 Å². The van der Waals surface area contributed by atoms with Gasteiger partial charge in [-0.25, -0.2) is 0 Å². The molecule has 4 aromatic rings. The van der Waals surface area contributed by atoms with Gasteiger partial charge in [0, 0.05) is 28.7 Å². The number of imide groups is 1. The van der Waals surface area contributed by atoms with Gasteiger partial charge in [-0.1, -0.05) is 66.7 Å². The fraction of sp³-hybridized carbons (Fsp3) is 0.107. The topological polar surface area (TPSA) is 66.1 Å². The Balaban J connectivity index is 1.51. The summed E-state index contributed by atoms with van der Waals surface area (Å²) in [5, 5.41) is 10.1. The second kappa shape index (κ2) is 9.05. The molecule has 166 valence electrons. The Kier molecular flexibility index (Phi) is 5.79. The molecule has 5 nitrogen and oxygen atoms in total. The molecule has 0 atom stereocenters. The normalized spacial score (nSPS) is 14.8. The molecule has 1 aliphatic rings. The van der Waals surface area contributed by atoms with Crippen LogP contribution in [0.1, 0.15) is 27.9 Å². The third-order valence-electron chi connectivity index (χ3n) is 6.08. The van der Waals surface area contributed by atoms with Crippen molar-refractivity contribution in [2.45, 2.75) is 20.0 Å². The van der Waals surface area contributed by atoms with Gasteiger partial charge in [-0.3, -0.25) is 14.5 Å². The molecule has 0 unspecified atom stereocenters. The molecule has 0 saturated carbocycles. The molecule has 34 heavy (non-hydrogen) atoms. The highest BCUT2D eigenvalue weighted by Gasteiger charge is 2.35. The van der Waals surface area contributed by atoms with E-state index < -0.39 is 0 Å². The maximum absolute atomic E-state index is 13.2. The molecular weight excluding hydrogens is 442 g/mol. The summed E-state index contributed by atoms with van der Waals surface area (Å²) in [6.07, 6.45) is 1.83. The SMILES string of the molecule is Cc1c(/C=C2/SC(=O)N(Cc3ccccc3C#N)C2=O)c2ccccc2n1Cc1ccccc1. The van der Waals surface area contributed by atoms with Crippen LogP contribution in [0.3, 0.4) is 0 Å². The third kappa shape index (κ3) is 3.91. The summed E-state index contributed by atoms with van der Waals surface area (Å²) in [5.74, 6) is -0.331. The summed E-state index contributed by atoms with van der Waals surface area (Å²) >= 11 is 0.946. The number of carbonyl (C=O) groups excluding carboxylic acids is 2. The first-order valence-electron chi connectivity index (χ1n) is 10.9. The Hall–Kier alpha value is -4.08. The highest BCUT2D eigenvalue weighted by molar-refractivity contribution is 8.18. The van der Waals surface area contributed by atoms with Gasteiger partial charge >= 0.3 is 0 Å². The van der Waals surface area contributed by atoms with Gasteiger partial charge < -0.3 is 4.57 Å². The zero-order chi connectivity index (χ0) is 23.7. The van der Waals surface area contributed by atoms with Crippen LogP contribution in [0.2, 0.25) is 0 Å². The van der Waals surface area contributed by atoms with E-state index in [1.165, 1.54) is 10.5 Å². The Bertz CT molecular complexity index is 1500. The van der Waals surface area contributed by atoms with E-state index in [0.29, 0.717) is 22.6 Å². The number of nitriles is 1. The van der Waals surface area contributed by atoms with Crippen LogP contribution in [0, 0.1) is 18.3 Å². The summed E-state index contributed by atoms with van der Waals surface area (Å²) in [5.41, 5.74) is 5.36. The van der Waals surface area contributed by atoms with Gasteiger partial charge in [0.25, 0.3) is 11.1 Å². The molecule has 1 saturated heterocycles.